The number of nitrogens with one attached hydrogen (secondary N) is 1. The third-order valence-corrected chi connectivity index (χ3v) is 1.09. The minimum absolute atomic E-state index is 0.625. The Labute approximate surface area is 44.4 Å². The first kappa shape index (κ1) is 4.69. The van der Waals surface area contributed by atoms with Crippen molar-refractivity contribution in [2.45, 2.75) is 13.8 Å². The van der Waals surface area contributed by atoms with Crippen LogP contribution < -0.4 is 5.32 Å². The quantitative estimate of drug-likeness (QED) is 0.479. The summed E-state index contributed by atoms with van der Waals surface area (Å²) in [6.07, 6.45) is 2.19. The molecule has 39 valence electrons. The topological polar surface area (TPSA) is 12.0 Å². The maximum absolute atomic E-state index is 3.11. The van der Waals surface area contributed by atoms with Crippen molar-refractivity contribution in [1.82, 2.24) is 5.32 Å². The second kappa shape index (κ2) is 1.57. The molecule has 0 aromatic rings. The molecule has 1 nitrogen and oxygen atoms in total. The van der Waals surface area contributed by atoms with Gasteiger partial charge in [0.05, 0.1) is 6.54 Å². The van der Waals surface area contributed by atoms with Crippen LogP contribution in [0.25, 0.3) is 0 Å². The maximum Gasteiger partial charge on any atom is 0.0525 e. The SMILES string of the molecule is CC1=CC(C)[CH]N1. The summed E-state index contributed by atoms with van der Waals surface area (Å²) in [5.41, 5.74) is 1.27. The first-order chi connectivity index (χ1) is 3.29. The molecule has 0 aromatic carbocycles. The van der Waals surface area contributed by atoms with Gasteiger partial charge in [0, 0.05) is 5.70 Å². The zero-order valence-corrected chi connectivity index (χ0v) is 4.73. The normalized spacial score (nSPS) is 29.4. The smallest absolute Gasteiger partial charge is 0.0525 e. The Kier molecular flexibility index (Phi) is 1.05. The van der Waals surface area contributed by atoms with Crippen molar-refractivity contribution in [3.63, 3.8) is 0 Å². The molecule has 1 N–H and O–H groups in total. The molecule has 0 aliphatic carbocycles. The maximum atomic E-state index is 3.11. The Morgan fingerprint density at radius 2 is 2.43 bits per heavy atom. The molecular formula is C6H10N. The fraction of sp³-hybridized carbons (Fsp3) is 0.500. The molecule has 1 unspecified atom stereocenters. The van der Waals surface area contributed by atoms with E-state index in [1.807, 2.05) is 0 Å². The summed E-state index contributed by atoms with van der Waals surface area (Å²) in [4.78, 5) is 0. The lowest BCUT2D eigenvalue weighted by Crippen LogP contribution is -2.00. The fourth-order valence-electron chi connectivity index (χ4n) is 0.753. The third kappa shape index (κ3) is 0.952. The van der Waals surface area contributed by atoms with Gasteiger partial charge in [0.15, 0.2) is 0 Å². The van der Waals surface area contributed by atoms with Gasteiger partial charge in [-0.2, -0.15) is 0 Å². The van der Waals surface area contributed by atoms with Gasteiger partial charge < -0.3 is 5.32 Å². The molecule has 1 rings (SSSR count). The summed E-state index contributed by atoms with van der Waals surface area (Å²) in [7, 11) is 0. The van der Waals surface area contributed by atoms with Crippen LogP contribution in [0.1, 0.15) is 13.8 Å². The number of hydrogen-bond donors (Lipinski definition) is 1. The van der Waals surface area contributed by atoms with Gasteiger partial charge >= 0.3 is 0 Å². The summed E-state index contributed by atoms with van der Waals surface area (Å²) in [6.45, 7) is 6.30. The molecule has 1 heterocycles. The number of allylic oxidation sites excluding steroid dienone is 1. The molecule has 0 fully saturated rings. The minimum Gasteiger partial charge on any atom is -0.383 e. The van der Waals surface area contributed by atoms with Crippen molar-refractivity contribution >= 4 is 0 Å². The van der Waals surface area contributed by atoms with Crippen molar-refractivity contribution in [2.24, 2.45) is 5.92 Å². The lowest BCUT2D eigenvalue weighted by molar-refractivity contribution is 0.828. The summed E-state index contributed by atoms with van der Waals surface area (Å²) in [5, 5.41) is 3.11. The first-order valence-electron chi connectivity index (χ1n) is 2.57. The molecule has 0 saturated heterocycles. The molecule has 0 bridgehead atoms. The van der Waals surface area contributed by atoms with Crippen LogP contribution in [0.4, 0.5) is 0 Å². The molecule has 1 aliphatic heterocycles. The second-order valence-corrected chi connectivity index (χ2v) is 2.02. The van der Waals surface area contributed by atoms with E-state index in [0.29, 0.717) is 5.92 Å². The summed E-state index contributed by atoms with van der Waals surface area (Å²) in [6, 6.07) is 0. The van der Waals surface area contributed by atoms with Crippen molar-refractivity contribution in [3.8, 4) is 0 Å². The summed E-state index contributed by atoms with van der Waals surface area (Å²) >= 11 is 0. The Balaban J connectivity index is 2.50. The second-order valence-electron chi connectivity index (χ2n) is 2.02. The minimum atomic E-state index is 0.625. The lowest BCUT2D eigenvalue weighted by atomic mass is 10.2. The van der Waals surface area contributed by atoms with E-state index in [0.717, 1.165) is 0 Å². The predicted molar refractivity (Wildman–Crippen MR) is 30.4 cm³/mol. The van der Waals surface area contributed by atoms with E-state index in [1.54, 1.807) is 0 Å². The number of hydrogen-bond acceptors (Lipinski definition) is 1. The zero-order valence-electron chi connectivity index (χ0n) is 4.73. The highest BCUT2D eigenvalue weighted by Gasteiger charge is 2.04. The van der Waals surface area contributed by atoms with Crippen LogP contribution in [-0.2, 0) is 0 Å². The Hall–Kier alpha value is -0.460. The largest absolute Gasteiger partial charge is 0.383 e. The van der Waals surface area contributed by atoms with E-state index < -0.39 is 0 Å². The fourth-order valence-corrected chi connectivity index (χ4v) is 0.753. The third-order valence-electron chi connectivity index (χ3n) is 1.09. The summed E-state index contributed by atoms with van der Waals surface area (Å²) in [5.74, 6) is 0.625. The van der Waals surface area contributed by atoms with Crippen LogP contribution in [0.3, 0.4) is 0 Å². The van der Waals surface area contributed by atoms with Gasteiger partial charge in [0.25, 0.3) is 0 Å². The average Bonchev–Trinajstić information content (AvgIpc) is 1.87. The van der Waals surface area contributed by atoms with Crippen molar-refractivity contribution in [3.05, 3.63) is 18.3 Å². The van der Waals surface area contributed by atoms with Gasteiger partial charge in [-0.1, -0.05) is 13.0 Å². The van der Waals surface area contributed by atoms with Crippen LogP contribution in [-0.4, -0.2) is 0 Å². The van der Waals surface area contributed by atoms with Gasteiger partial charge in [-0.05, 0) is 12.8 Å². The average molecular weight is 96.2 g/mol. The monoisotopic (exact) mass is 96.1 g/mol. The van der Waals surface area contributed by atoms with Gasteiger partial charge in [0.1, 0.15) is 0 Å². The molecular weight excluding hydrogens is 86.1 g/mol. The van der Waals surface area contributed by atoms with Crippen LogP contribution in [0.5, 0.6) is 0 Å². The molecule has 1 atom stereocenters. The molecule has 0 amide bonds. The highest BCUT2D eigenvalue weighted by molar-refractivity contribution is 5.10. The van der Waals surface area contributed by atoms with Crippen LogP contribution in [0.2, 0.25) is 0 Å². The van der Waals surface area contributed by atoms with Gasteiger partial charge in [0.2, 0.25) is 0 Å². The number of rotatable bonds is 0. The Morgan fingerprint density at radius 1 is 1.71 bits per heavy atom. The van der Waals surface area contributed by atoms with E-state index in [-0.39, 0.29) is 0 Å². The Morgan fingerprint density at radius 3 is 2.57 bits per heavy atom. The van der Waals surface area contributed by atoms with Crippen LogP contribution in [0, 0.1) is 12.5 Å². The molecule has 1 heteroatoms. The predicted octanol–water partition coefficient (Wildman–Crippen LogP) is 1.29. The highest BCUT2D eigenvalue weighted by Crippen LogP contribution is 2.10. The molecule has 0 spiro atoms. The molecule has 1 radical (unpaired) electrons. The van der Waals surface area contributed by atoms with E-state index in [4.69, 9.17) is 0 Å². The summed E-state index contributed by atoms with van der Waals surface area (Å²) < 4.78 is 0. The van der Waals surface area contributed by atoms with Gasteiger partial charge in [-0.25, -0.2) is 0 Å². The molecule has 7 heavy (non-hydrogen) atoms. The van der Waals surface area contributed by atoms with E-state index in [2.05, 4.69) is 31.8 Å². The van der Waals surface area contributed by atoms with Crippen molar-refractivity contribution < 1.29 is 0 Å². The molecule has 0 aromatic heterocycles. The molecule has 1 aliphatic rings. The van der Waals surface area contributed by atoms with Crippen molar-refractivity contribution in [2.75, 3.05) is 0 Å². The van der Waals surface area contributed by atoms with Crippen LogP contribution in [0.15, 0.2) is 11.8 Å². The van der Waals surface area contributed by atoms with E-state index >= 15 is 0 Å². The Bertz CT molecular complexity index is 94.4. The van der Waals surface area contributed by atoms with E-state index in [1.165, 1.54) is 5.70 Å². The van der Waals surface area contributed by atoms with Gasteiger partial charge in [-0.15, -0.1) is 0 Å². The lowest BCUT2D eigenvalue weighted by Gasteiger charge is -1.92. The standard InChI is InChI=1S/C6H10N/c1-5-3-6(2)7-4-5/h3-5,7H,1-2H3. The van der Waals surface area contributed by atoms with E-state index in [9.17, 15) is 0 Å². The highest BCUT2D eigenvalue weighted by atomic mass is 14.9. The van der Waals surface area contributed by atoms with Gasteiger partial charge in [-0.3, -0.25) is 0 Å². The first-order valence-corrected chi connectivity index (χ1v) is 2.57. The van der Waals surface area contributed by atoms with Crippen LogP contribution >= 0.6 is 0 Å². The zero-order chi connectivity index (χ0) is 5.28. The molecule has 0 saturated carbocycles. The van der Waals surface area contributed by atoms with Crippen molar-refractivity contribution in [1.29, 1.82) is 0 Å².